The normalized spacial score (nSPS) is 12.4. The Morgan fingerprint density at radius 3 is 2.40 bits per heavy atom. The van der Waals surface area contributed by atoms with Gasteiger partial charge in [0.05, 0.1) is 7.11 Å². The van der Waals surface area contributed by atoms with E-state index in [9.17, 15) is 0 Å². The van der Waals surface area contributed by atoms with Crippen LogP contribution in [0.15, 0.2) is 18.2 Å². The maximum Gasteiger partial charge on any atom is 0.123 e. The largest absolute Gasteiger partial charge is 0.496 e. The van der Waals surface area contributed by atoms with E-state index in [2.05, 4.69) is 6.92 Å². The Morgan fingerprint density at radius 1 is 1.10 bits per heavy atom. The second-order valence-corrected chi connectivity index (χ2v) is 5.84. The van der Waals surface area contributed by atoms with Gasteiger partial charge in [-0.25, -0.2) is 0 Å². The van der Waals surface area contributed by atoms with Crippen LogP contribution in [0.2, 0.25) is 5.02 Å². The van der Waals surface area contributed by atoms with Crippen LogP contribution in [-0.4, -0.2) is 7.11 Å². The van der Waals surface area contributed by atoms with Crippen molar-refractivity contribution in [2.45, 2.75) is 64.3 Å². The minimum absolute atomic E-state index is 0.0132. The fourth-order valence-corrected chi connectivity index (χ4v) is 2.65. The summed E-state index contributed by atoms with van der Waals surface area (Å²) in [6, 6.07) is 5.66. The summed E-state index contributed by atoms with van der Waals surface area (Å²) in [5, 5.41) is 0.718. The Bertz CT molecular complexity index is 381. The van der Waals surface area contributed by atoms with Gasteiger partial charge in [0.2, 0.25) is 0 Å². The zero-order valence-corrected chi connectivity index (χ0v) is 13.6. The van der Waals surface area contributed by atoms with Crippen molar-refractivity contribution in [3.05, 3.63) is 28.8 Å². The number of ether oxygens (including phenoxy) is 1. The third kappa shape index (κ3) is 6.15. The summed E-state index contributed by atoms with van der Waals surface area (Å²) < 4.78 is 5.35. The lowest BCUT2D eigenvalue weighted by Crippen LogP contribution is -2.11. The summed E-state index contributed by atoms with van der Waals surface area (Å²) in [5.41, 5.74) is 7.28. The Labute approximate surface area is 128 Å². The highest BCUT2D eigenvalue weighted by atomic mass is 35.5. The summed E-state index contributed by atoms with van der Waals surface area (Å²) in [5.74, 6) is 0.838. The lowest BCUT2D eigenvalue weighted by atomic mass is 9.99. The molecule has 0 radical (unpaired) electrons. The van der Waals surface area contributed by atoms with E-state index in [0.29, 0.717) is 0 Å². The molecule has 3 heteroatoms. The standard InChI is InChI=1S/C17H28ClNO/c1-3-4-5-6-7-8-9-10-16(19)15-13-14(18)11-12-17(15)20-2/h11-13,16H,3-10,19H2,1-2H3. The predicted octanol–water partition coefficient (Wildman–Crippen LogP) is 5.49. The van der Waals surface area contributed by atoms with Crippen LogP contribution in [0.1, 0.15) is 69.9 Å². The molecule has 0 aliphatic heterocycles. The molecule has 0 amide bonds. The monoisotopic (exact) mass is 297 g/mol. The molecule has 0 saturated heterocycles. The SMILES string of the molecule is CCCCCCCCCC(N)c1cc(Cl)ccc1OC. The molecule has 2 nitrogen and oxygen atoms in total. The molecule has 0 saturated carbocycles. The smallest absolute Gasteiger partial charge is 0.123 e. The fourth-order valence-electron chi connectivity index (χ4n) is 2.47. The molecule has 114 valence electrons. The zero-order valence-electron chi connectivity index (χ0n) is 12.8. The van der Waals surface area contributed by atoms with Gasteiger partial charge < -0.3 is 10.5 Å². The van der Waals surface area contributed by atoms with Gasteiger partial charge in [-0.2, -0.15) is 0 Å². The molecule has 0 fully saturated rings. The van der Waals surface area contributed by atoms with Crippen LogP contribution < -0.4 is 10.5 Å². The van der Waals surface area contributed by atoms with Crippen molar-refractivity contribution in [2.24, 2.45) is 5.73 Å². The minimum atomic E-state index is 0.0132. The Kier molecular flexibility index (Phi) is 8.72. The number of methoxy groups -OCH3 is 1. The first kappa shape index (κ1) is 17.3. The molecule has 0 aromatic heterocycles. The van der Waals surface area contributed by atoms with Gasteiger partial charge in [0.15, 0.2) is 0 Å². The van der Waals surface area contributed by atoms with Gasteiger partial charge in [0.25, 0.3) is 0 Å². The first-order chi connectivity index (χ1) is 9.69. The van der Waals surface area contributed by atoms with E-state index in [1.807, 2.05) is 18.2 Å². The van der Waals surface area contributed by atoms with Gasteiger partial charge in [0.1, 0.15) is 5.75 Å². The first-order valence-electron chi connectivity index (χ1n) is 7.78. The van der Waals surface area contributed by atoms with E-state index in [0.717, 1.165) is 22.8 Å². The fraction of sp³-hybridized carbons (Fsp3) is 0.647. The molecule has 1 atom stereocenters. The van der Waals surface area contributed by atoms with Crippen LogP contribution in [0, 0.1) is 0 Å². The molecule has 2 N–H and O–H groups in total. The highest BCUT2D eigenvalue weighted by Crippen LogP contribution is 2.29. The van der Waals surface area contributed by atoms with E-state index in [4.69, 9.17) is 22.1 Å². The quantitative estimate of drug-likeness (QED) is 0.580. The molecular formula is C17H28ClNO. The first-order valence-corrected chi connectivity index (χ1v) is 8.15. The van der Waals surface area contributed by atoms with Gasteiger partial charge in [0, 0.05) is 16.6 Å². The summed E-state index contributed by atoms with van der Waals surface area (Å²) in [7, 11) is 1.67. The maximum absolute atomic E-state index is 6.26. The molecule has 1 unspecified atom stereocenters. The van der Waals surface area contributed by atoms with Gasteiger partial charge >= 0.3 is 0 Å². The van der Waals surface area contributed by atoms with E-state index in [1.165, 1.54) is 44.9 Å². The van der Waals surface area contributed by atoms with Crippen LogP contribution in [0.4, 0.5) is 0 Å². The van der Waals surface area contributed by atoms with Gasteiger partial charge in [-0.15, -0.1) is 0 Å². The average Bonchev–Trinajstić information content (AvgIpc) is 2.46. The van der Waals surface area contributed by atoms with Crippen molar-refractivity contribution in [1.29, 1.82) is 0 Å². The second-order valence-electron chi connectivity index (χ2n) is 5.40. The molecule has 0 aliphatic rings. The van der Waals surface area contributed by atoms with Crippen LogP contribution in [-0.2, 0) is 0 Å². The zero-order chi connectivity index (χ0) is 14.8. The van der Waals surface area contributed by atoms with E-state index in [1.54, 1.807) is 7.11 Å². The van der Waals surface area contributed by atoms with Crippen molar-refractivity contribution >= 4 is 11.6 Å². The van der Waals surface area contributed by atoms with Crippen molar-refractivity contribution in [2.75, 3.05) is 7.11 Å². The molecule has 0 heterocycles. The maximum atomic E-state index is 6.26. The van der Waals surface area contributed by atoms with E-state index in [-0.39, 0.29) is 6.04 Å². The lowest BCUT2D eigenvalue weighted by molar-refractivity contribution is 0.403. The Morgan fingerprint density at radius 2 is 1.75 bits per heavy atom. The summed E-state index contributed by atoms with van der Waals surface area (Å²) in [4.78, 5) is 0. The molecular weight excluding hydrogens is 270 g/mol. The van der Waals surface area contributed by atoms with Crippen LogP contribution in [0.5, 0.6) is 5.75 Å². The molecule has 0 spiro atoms. The van der Waals surface area contributed by atoms with Crippen molar-refractivity contribution < 1.29 is 4.74 Å². The highest BCUT2D eigenvalue weighted by Gasteiger charge is 2.12. The molecule has 0 bridgehead atoms. The van der Waals surface area contributed by atoms with E-state index < -0.39 is 0 Å². The van der Waals surface area contributed by atoms with Gasteiger partial charge in [-0.3, -0.25) is 0 Å². The van der Waals surface area contributed by atoms with Crippen molar-refractivity contribution in [3.8, 4) is 5.75 Å². The second kappa shape index (κ2) is 10.1. The number of hydrogen-bond acceptors (Lipinski definition) is 2. The number of nitrogens with two attached hydrogens (primary N) is 1. The third-order valence-electron chi connectivity index (χ3n) is 3.71. The van der Waals surface area contributed by atoms with Gasteiger partial charge in [-0.1, -0.05) is 63.5 Å². The number of unbranched alkanes of at least 4 members (excludes halogenated alkanes) is 6. The lowest BCUT2D eigenvalue weighted by Gasteiger charge is -2.16. The van der Waals surface area contributed by atoms with E-state index >= 15 is 0 Å². The number of rotatable bonds is 10. The van der Waals surface area contributed by atoms with Crippen LogP contribution in [0.3, 0.4) is 0 Å². The summed E-state index contributed by atoms with van der Waals surface area (Å²) in [6.45, 7) is 2.25. The molecule has 0 aliphatic carbocycles. The molecule has 1 rings (SSSR count). The highest BCUT2D eigenvalue weighted by molar-refractivity contribution is 6.30. The van der Waals surface area contributed by atoms with Crippen molar-refractivity contribution in [3.63, 3.8) is 0 Å². The third-order valence-corrected chi connectivity index (χ3v) is 3.94. The summed E-state index contributed by atoms with van der Waals surface area (Å²) >= 11 is 6.04. The van der Waals surface area contributed by atoms with Crippen molar-refractivity contribution in [1.82, 2.24) is 0 Å². The molecule has 20 heavy (non-hydrogen) atoms. The topological polar surface area (TPSA) is 35.2 Å². The minimum Gasteiger partial charge on any atom is -0.496 e. The van der Waals surface area contributed by atoms with Gasteiger partial charge in [-0.05, 0) is 24.6 Å². The Hall–Kier alpha value is -0.730. The average molecular weight is 298 g/mol. The number of hydrogen-bond donors (Lipinski definition) is 1. The number of benzene rings is 1. The molecule has 1 aromatic carbocycles. The molecule has 1 aromatic rings. The Balaban J connectivity index is 2.32. The van der Waals surface area contributed by atoms with Crippen LogP contribution in [0.25, 0.3) is 0 Å². The summed E-state index contributed by atoms with van der Waals surface area (Å²) in [6.07, 6.45) is 10.1. The van der Waals surface area contributed by atoms with Crippen LogP contribution >= 0.6 is 11.6 Å². The number of halogens is 1. The predicted molar refractivity (Wildman–Crippen MR) is 87.5 cm³/mol.